The quantitative estimate of drug-likeness (QED) is 0.294. The molecule has 4 heterocycles. The molecule has 10 nitrogen and oxygen atoms in total. The number of H-pyrrole nitrogens is 1. The van der Waals surface area contributed by atoms with Gasteiger partial charge >= 0.3 is 0 Å². The van der Waals surface area contributed by atoms with Crippen molar-refractivity contribution in [2.45, 2.75) is 25.8 Å². The van der Waals surface area contributed by atoms with Gasteiger partial charge in [0.05, 0.1) is 35.9 Å². The molecule has 0 bridgehead atoms. The Labute approximate surface area is 217 Å². The van der Waals surface area contributed by atoms with Gasteiger partial charge in [-0.3, -0.25) is 19.5 Å². The number of likely N-dealkylation sites (tertiary alicyclic amines) is 1. The van der Waals surface area contributed by atoms with Crippen molar-refractivity contribution in [2.75, 3.05) is 29.4 Å². The molecular formula is C23H24ClN7O3S2. The van der Waals surface area contributed by atoms with E-state index in [1.54, 1.807) is 23.7 Å². The Bertz CT molecular complexity index is 1530. The minimum atomic E-state index is -3.54. The summed E-state index contributed by atoms with van der Waals surface area (Å²) in [6, 6.07) is 5.21. The fourth-order valence-corrected chi connectivity index (χ4v) is 5.76. The maximum atomic E-state index is 13.1. The summed E-state index contributed by atoms with van der Waals surface area (Å²) in [6.07, 6.45) is 7.87. The zero-order valence-electron chi connectivity index (χ0n) is 19.4. The highest BCUT2D eigenvalue weighted by Gasteiger charge is 2.18. The number of pyridine rings is 1. The van der Waals surface area contributed by atoms with Gasteiger partial charge in [-0.1, -0.05) is 18.0 Å². The summed E-state index contributed by atoms with van der Waals surface area (Å²) < 4.78 is 25.8. The van der Waals surface area contributed by atoms with E-state index in [0.29, 0.717) is 28.0 Å². The standard InChI is InChI=1S/C23H24ClN7O3S2/c1-36(33,34)30-19-9-15(10-25-22(19)24)14-7-17(16-11-26-29-18(16)8-14)28-23(32)20-13-35-21(27-20)12-31-5-3-2-4-6-31/h7-11,13,30H,2-6,12H2,1H3,(H,26,29)(H,28,32). The first-order valence-electron chi connectivity index (χ1n) is 11.3. The number of halogens is 1. The van der Waals surface area contributed by atoms with E-state index in [-0.39, 0.29) is 16.7 Å². The number of nitrogens with zero attached hydrogens (tertiary/aromatic N) is 4. The number of sulfonamides is 1. The SMILES string of the molecule is CS(=O)(=O)Nc1cc(-c2cc(NC(=O)c3csc(CN4CCCCC4)n3)c3cn[nH]c3c2)cnc1Cl. The summed E-state index contributed by atoms with van der Waals surface area (Å²) in [4.78, 5) is 24.1. The molecule has 1 amide bonds. The van der Waals surface area contributed by atoms with E-state index in [1.807, 2.05) is 6.07 Å². The van der Waals surface area contributed by atoms with Gasteiger partial charge in [0, 0.05) is 22.5 Å². The Morgan fingerprint density at radius 3 is 2.69 bits per heavy atom. The average molecular weight is 546 g/mol. The van der Waals surface area contributed by atoms with E-state index in [2.05, 4.69) is 35.1 Å². The molecule has 1 aliphatic rings. The van der Waals surface area contributed by atoms with Gasteiger partial charge in [-0.15, -0.1) is 11.3 Å². The van der Waals surface area contributed by atoms with Gasteiger partial charge in [0.25, 0.3) is 5.91 Å². The molecule has 5 rings (SSSR count). The minimum absolute atomic E-state index is 0.0317. The lowest BCUT2D eigenvalue weighted by molar-refractivity contribution is 0.102. The number of hydrogen-bond acceptors (Lipinski definition) is 8. The monoisotopic (exact) mass is 545 g/mol. The van der Waals surface area contributed by atoms with E-state index < -0.39 is 10.0 Å². The Balaban J connectivity index is 1.41. The smallest absolute Gasteiger partial charge is 0.275 e. The molecule has 3 N–H and O–H groups in total. The topological polar surface area (TPSA) is 133 Å². The molecule has 0 atom stereocenters. The van der Waals surface area contributed by atoms with Crippen LogP contribution in [0.15, 0.2) is 36.0 Å². The van der Waals surface area contributed by atoms with E-state index in [0.717, 1.165) is 36.3 Å². The predicted octanol–water partition coefficient (Wildman–Crippen LogP) is 4.34. The zero-order valence-corrected chi connectivity index (χ0v) is 21.8. The number of nitrogens with one attached hydrogen (secondary N) is 3. The third-order valence-corrected chi connectivity index (χ3v) is 7.59. The molecule has 1 aliphatic heterocycles. The second-order valence-electron chi connectivity index (χ2n) is 8.71. The van der Waals surface area contributed by atoms with Crippen LogP contribution in [0.5, 0.6) is 0 Å². The molecule has 1 saturated heterocycles. The van der Waals surface area contributed by atoms with Crippen molar-refractivity contribution in [3.63, 3.8) is 0 Å². The van der Waals surface area contributed by atoms with E-state index in [1.165, 1.54) is 36.8 Å². The van der Waals surface area contributed by atoms with E-state index in [9.17, 15) is 13.2 Å². The van der Waals surface area contributed by atoms with Crippen molar-refractivity contribution in [1.29, 1.82) is 0 Å². The van der Waals surface area contributed by atoms with Crippen molar-refractivity contribution >= 4 is 61.1 Å². The van der Waals surface area contributed by atoms with Crippen LogP contribution in [-0.4, -0.2) is 58.7 Å². The number of anilines is 2. The van der Waals surface area contributed by atoms with Gasteiger partial charge in [0.15, 0.2) is 5.15 Å². The van der Waals surface area contributed by atoms with Crippen LogP contribution in [0.3, 0.4) is 0 Å². The van der Waals surface area contributed by atoms with Crippen molar-refractivity contribution in [3.05, 3.63) is 51.8 Å². The number of fused-ring (bicyclic) bond motifs is 1. The molecule has 3 aromatic heterocycles. The average Bonchev–Trinajstić information content (AvgIpc) is 3.50. The fourth-order valence-electron chi connectivity index (χ4n) is 4.18. The first-order valence-corrected chi connectivity index (χ1v) is 14.5. The minimum Gasteiger partial charge on any atom is -0.320 e. The molecule has 1 fully saturated rings. The Morgan fingerprint density at radius 1 is 1.14 bits per heavy atom. The van der Waals surface area contributed by atoms with Crippen molar-refractivity contribution in [1.82, 2.24) is 25.1 Å². The third-order valence-electron chi connectivity index (χ3n) is 5.87. The third kappa shape index (κ3) is 5.67. The highest BCUT2D eigenvalue weighted by molar-refractivity contribution is 7.92. The number of benzene rings is 1. The Hall–Kier alpha value is -3.06. The van der Waals surface area contributed by atoms with E-state index >= 15 is 0 Å². The summed E-state index contributed by atoms with van der Waals surface area (Å²) in [5, 5.41) is 13.4. The highest BCUT2D eigenvalue weighted by Crippen LogP contribution is 2.33. The number of aromatic nitrogens is 4. The maximum Gasteiger partial charge on any atom is 0.275 e. The van der Waals surface area contributed by atoms with Gasteiger partial charge in [-0.2, -0.15) is 5.10 Å². The molecule has 0 spiro atoms. The summed E-state index contributed by atoms with van der Waals surface area (Å²) >= 11 is 7.56. The Kier molecular flexibility index (Phi) is 6.93. The van der Waals surface area contributed by atoms with Gasteiger partial charge in [-0.25, -0.2) is 18.4 Å². The lowest BCUT2D eigenvalue weighted by Crippen LogP contribution is -2.29. The molecule has 4 aromatic rings. The van der Waals surface area contributed by atoms with Gasteiger partial charge in [0.1, 0.15) is 10.7 Å². The fraction of sp³-hybridized carbons (Fsp3) is 0.304. The first kappa shape index (κ1) is 24.6. The maximum absolute atomic E-state index is 13.1. The lowest BCUT2D eigenvalue weighted by Gasteiger charge is -2.25. The number of amides is 1. The lowest BCUT2D eigenvalue weighted by atomic mass is 10.0. The van der Waals surface area contributed by atoms with Crippen LogP contribution < -0.4 is 10.0 Å². The number of thiazole rings is 1. The number of piperidine rings is 1. The largest absolute Gasteiger partial charge is 0.320 e. The molecule has 188 valence electrons. The Morgan fingerprint density at radius 2 is 1.92 bits per heavy atom. The van der Waals surface area contributed by atoms with Crippen LogP contribution >= 0.6 is 22.9 Å². The molecule has 0 unspecified atom stereocenters. The number of carbonyl (C=O) groups excluding carboxylic acids is 1. The number of rotatable bonds is 7. The predicted molar refractivity (Wildman–Crippen MR) is 142 cm³/mol. The van der Waals surface area contributed by atoms with Crippen LogP contribution in [-0.2, 0) is 16.6 Å². The van der Waals surface area contributed by atoms with Crippen LogP contribution in [0.1, 0.15) is 34.8 Å². The molecular weight excluding hydrogens is 522 g/mol. The van der Waals surface area contributed by atoms with Crippen LogP contribution in [0.4, 0.5) is 11.4 Å². The van der Waals surface area contributed by atoms with Crippen molar-refractivity contribution in [3.8, 4) is 11.1 Å². The summed E-state index contributed by atoms with van der Waals surface area (Å²) in [5.41, 5.74) is 3.05. The van der Waals surface area contributed by atoms with Gasteiger partial charge in [-0.05, 0) is 49.7 Å². The van der Waals surface area contributed by atoms with Crippen molar-refractivity contribution in [2.24, 2.45) is 0 Å². The molecule has 1 aromatic carbocycles. The highest BCUT2D eigenvalue weighted by atomic mass is 35.5. The van der Waals surface area contributed by atoms with Crippen LogP contribution in [0.2, 0.25) is 5.15 Å². The molecule has 36 heavy (non-hydrogen) atoms. The summed E-state index contributed by atoms with van der Waals surface area (Å²) in [5.74, 6) is -0.315. The number of carbonyl (C=O) groups is 1. The zero-order chi connectivity index (χ0) is 25.3. The van der Waals surface area contributed by atoms with Crippen LogP contribution in [0, 0.1) is 0 Å². The molecule has 0 radical (unpaired) electrons. The molecule has 13 heteroatoms. The van der Waals surface area contributed by atoms with E-state index in [4.69, 9.17) is 11.6 Å². The molecule has 0 saturated carbocycles. The number of hydrogen-bond donors (Lipinski definition) is 3. The number of aromatic amines is 1. The molecule has 0 aliphatic carbocycles. The summed E-state index contributed by atoms with van der Waals surface area (Å²) in [7, 11) is -3.54. The van der Waals surface area contributed by atoms with Gasteiger partial charge < -0.3 is 5.32 Å². The second-order valence-corrected chi connectivity index (χ2v) is 11.8. The first-order chi connectivity index (χ1) is 17.2. The van der Waals surface area contributed by atoms with Gasteiger partial charge in [0.2, 0.25) is 10.0 Å². The summed E-state index contributed by atoms with van der Waals surface area (Å²) in [6.45, 7) is 2.88. The van der Waals surface area contributed by atoms with Crippen LogP contribution in [0.25, 0.3) is 22.0 Å². The normalized spacial score (nSPS) is 14.7. The second kappa shape index (κ2) is 10.1. The van der Waals surface area contributed by atoms with Crippen molar-refractivity contribution < 1.29 is 13.2 Å².